The van der Waals surface area contributed by atoms with Gasteiger partial charge in [0, 0.05) is 13.0 Å². The number of aryl methyl sites for hydroxylation is 2. The molecule has 0 radical (unpaired) electrons. The summed E-state index contributed by atoms with van der Waals surface area (Å²) in [6.07, 6.45) is 1.54. The number of nitrogens with zero attached hydrogens (tertiary/aromatic N) is 1. The predicted octanol–water partition coefficient (Wildman–Crippen LogP) is 1.64. The van der Waals surface area contributed by atoms with Gasteiger partial charge in [-0.3, -0.25) is 0 Å². The Kier molecular flexibility index (Phi) is 6.10. The molecule has 118 valence electrons. The maximum absolute atomic E-state index is 13.2. The molecule has 1 aromatic carbocycles. The Balaban J connectivity index is 2.67. The monoisotopic (exact) mass is 317 g/mol. The standard InChI is InChI=1S/C13H20FN3O3S/c1-9-7-11(14)8-10(2)13(9)21(19,20)16-6-4-3-5-12(15)17-18/h7-8,16,18H,3-6H2,1-2H3,(H2,15,17). The van der Waals surface area contributed by atoms with E-state index in [0.717, 1.165) is 0 Å². The predicted molar refractivity (Wildman–Crippen MR) is 78.3 cm³/mol. The number of oxime groups is 1. The van der Waals surface area contributed by atoms with E-state index in [1.54, 1.807) is 13.8 Å². The van der Waals surface area contributed by atoms with Crippen LogP contribution in [0.4, 0.5) is 4.39 Å². The Morgan fingerprint density at radius 1 is 1.33 bits per heavy atom. The van der Waals surface area contributed by atoms with Crippen molar-refractivity contribution in [3.63, 3.8) is 0 Å². The fourth-order valence-electron chi connectivity index (χ4n) is 2.08. The first kappa shape index (κ1) is 17.4. The van der Waals surface area contributed by atoms with Crippen LogP contribution in [-0.2, 0) is 10.0 Å². The third-order valence-corrected chi connectivity index (χ3v) is 4.74. The third-order valence-electron chi connectivity index (χ3n) is 2.97. The van der Waals surface area contributed by atoms with Crippen LogP contribution < -0.4 is 10.5 Å². The minimum absolute atomic E-state index is 0.111. The molecule has 6 nitrogen and oxygen atoms in total. The molecule has 0 aliphatic rings. The van der Waals surface area contributed by atoms with Crippen molar-refractivity contribution in [3.05, 3.63) is 29.1 Å². The summed E-state index contributed by atoms with van der Waals surface area (Å²) in [5.74, 6) is -0.342. The molecule has 0 heterocycles. The summed E-state index contributed by atoms with van der Waals surface area (Å²) in [7, 11) is -3.67. The smallest absolute Gasteiger partial charge is 0.241 e. The zero-order valence-electron chi connectivity index (χ0n) is 12.1. The largest absolute Gasteiger partial charge is 0.409 e. The average molecular weight is 317 g/mol. The van der Waals surface area contributed by atoms with Crippen LogP contribution in [0.2, 0.25) is 0 Å². The lowest BCUT2D eigenvalue weighted by Crippen LogP contribution is -2.26. The second-order valence-electron chi connectivity index (χ2n) is 4.81. The molecule has 4 N–H and O–H groups in total. The van der Waals surface area contributed by atoms with Crippen molar-refractivity contribution >= 4 is 15.9 Å². The molecular weight excluding hydrogens is 297 g/mol. The van der Waals surface area contributed by atoms with Gasteiger partial charge in [-0.25, -0.2) is 17.5 Å². The van der Waals surface area contributed by atoms with Crippen molar-refractivity contribution in [1.29, 1.82) is 0 Å². The maximum Gasteiger partial charge on any atom is 0.241 e. The van der Waals surface area contributed by atoms with E-state index in [2.05, 4.69) is 9.88 Å². The summed E-state index contributed by atoms with van der Waals surface area (Å²) in [5, 5.41) is 11.2. The van der Waals surface area contributed by atoms with Crippen LogP contribution in [0, 0.1) is 19.7 Å². The maximum atomic E-state index is 13.2. The molecule has 1 rings (SSSR count). The molecule has 0 saturated heterocycles. The van der Waals surface area contributed by atoms with E-state index in [-0.39, 0.29) is 17.3 Å². The molecule has 0 aliphatic heterocycles. The van der Waals surface area contributed by atoms with E-state index in [4.69, 9.17) is 10.9 Å². The van der Waals surface area contributed by atoms with Gasteiger partial charge in [0.05, 0.1) is 4.90 Å². The van der Waals surface area contributed by atoms with Crippen molar-refractivity contribution in [2.75, 3.05) is 6.54 Å². The highest BCUT2D eigenvalue weighted by Gasteiger charge is 2.19. The average Bonchev–Trinajstić information content (AvgIpc) is 2.36. The molecule has 1 aromatic rings. The van der Waals surface area contributed by atoms with Crippen LogP contribution >= 0.6 is 0 Å². The molecule has 0 bridgehead atoms. The Hall–Kier alpha value is -1.67. The molecule has 8 heteroatoms. The molecule has 0 aliphatic carbocycles. The SMILES string of the molecule is Cc1cc(F)cc(C)c1S(=O)(=O)NCCCC/C(N)=N/O. The number of rotatable bonds is 7. The minimum atomic E-state index is -3.67. The molecular formula is C13H20FN3O3S. The molecule has 21 heavy (non-hydrogen) atoms. The van der Waals surface area contributed by atoms with Crippen LogP contribution in [0.1, 0.15) is 30.4 Å². The molecule has 0 fully saturated rings. The van der Waals surface area contributed by atoms with Gasteiger partial charge in [-0.2, -0.15) is 0 Å². The van der Waals surface area contributed by atoms with Gasteiger partial charge in [-0.1, -0.05) is 5.16 Å². The quantitative estimate of drug-likeness (QED) is 0.234. The minimum Gasteiger partial charge on any atom is -0.409 e. The van der Waals surface area contributed by atoms with Crippen LogP contribution in [0.5, 0.6) is 0 Å². The van der Waals surface area contributed by atoms with Gasteiger partial charge in [0.25, 0.3) is 0 Å². The first-order valence-electron chi connectivity index (χ1n) is 6.50. The van der Waals surface area contributed by atoms with Crippen molar-refractivity contribution in [2.45, 2.75) is 38.0 Å². The van der Waals surface area contributed by atoms with Crippen molar-refractivity contribution in [2.24, 2.45) is 10.9 Å². The highest BCUT2D eigenvalue weighted by Crippen LogP contribution is 2.21. The Morgan fingerprint density at radius 3 is 2.43 bits per heavy atom. The topological polar surface area (TPSA) is 105 Å². The third kappa shape index (κ3) is 4.98. The van der Waals surface area contributed by atoms with Crippen molar-refractivity contribution in [3.8, 4) is 0 Å². The number of nitrogens with two attached hydrogens (primary N) is 1. The summed E-state index contributed by atoms with van der Waals surface area (Å²) in [6, 6.07) is 2.39. The first-order valence-corrected chi connectivity index (χ1v) is 7.99. The lowest BCUT2D eigenvalue weighted by molar-refractivity contribution is 0.316. The van der Waals surface area contributed by atoms with Gasteiger partial charge in [-0.15, -0.1) is 0 Å². The normalized spacial score (nSPS) is 12.6. The molecule has 0 amide bonds. The number of hydrogen-bond donors (Lipinski definition) is 3. The van der Waals surface area contributed by atoms with E-state index in [0.29, 0.717) is 30.4 Å². The van der Waals surface area contributed by atoms with E-state index in [9.17, 15) is 12.8 Å². The zero-order valence-corrected chi connectivity index (χ0v) is 12.9. The highest BCUT2D eigenvalue weighted by atomic mass is 32.2. The summed E-state index contributed by atoms with van der Waals surface area (Å²) in [6.45, 7) is 3.35. The van der Waals surface area contributed by atoms with Gasteiger partial charge in [-0.05, 0) is 49.9 Å². The number of hydrogen-bond acceptors (Lipinski definition) is 4. The summed E-state index contributed by atoms with van der Waals surface area (Å²) in [4.78, 5) is 0.111. The van der Waals surface area contributed by atoms with Gasteiger partial charge >= 0.3 is 0 Å². The van der Waals surface area contributed by atoms with E-state index in [1.807, 2.05) is 0 Å². The van der Waals surface area contributed by atoms with Gasteiger partial charge in [0.1, 0.15) is 11.7 Å². The Bertz CT molecular complexity index is 607. The molecule has 0 unspecified atom stereocenters. The summed E-state index contributed by atoms with van der Waals surface area (Å²) < 4.78 is 40.1. The van der Waals surface area contributed by atoms with Crippen LogP contribution in [0.25, 0.3) is 0 Å². The second kappa shape index (κ2) is 7.37. The van der Waals surface area contributed by atoms with Crippen LogP contribution in [-0.4, -0.2) is 26.0 Å². The Labute approximate surface area is 123 Å². The van der Waals surface area contributed by atoms with Crippen LogP contribution in [0.3, 0.4) is 0 Å². The van der Waals surface area contributed by atoms with Crippen LogP contribution in [0.15, 0.2) is 22.2 Å². The molecule has 0 saturated carbocycles. The number of halogens is 1. The number of amidine groups is 1. The van der Waals surface area contributed by atoms with Gasteiger partial charge in [0.2, 0.25) is 10.0 Å². The van der Waals surface area contributed by atoms with E-state index >= 15 is 0 Å². The van der Waals surface area contributed by atoms with E-state index in [1.165, 1.54) is 12.1 Å². The molecule has 0 spiro atoms. The lowest BCUT2D eigenvalue weighted by atomic mass is 10.1. The fraction of sp³-hybridized carbons (Fsp3) is 0.462. The van der Waals surface area contributed by atoms with Gasteiger partial charge < -0.3 is 10.9 Å². The molecule has 0 aromatic heterocycles. The lowest BCUT2D eigenvalue weighted by Gasteiger charge is -2.12. The van der Waals surface area contributed by atoms with Gasteiger partial charge in [0.15, 0.2) is 0 Å². The summed E-state index contributed by atoms with van der Waals surface area (Å²) >= 11 is 0. The van der Waals surface area contributed by atoms with Crippen molar-refractivity contribution in [1.82, 2.24) is 4.72 Å². The molecule has 0 atom stereocenters. The Morgan fingerprint density at radius 2 is 1.90 bits per heavy atom. The number of unbranched alkanes of at least 4 members (excludes halogenated alkanes) is 1. The van der Waals surface area contributed by atoms with Crippen molar-refractivity contribution < 1.29 is 18.0 Å². The zero-order chi connectivity index (χ0) is 16.0. The second-order valence-corrected chi connectivity index (χ2v) is 6.52. The van der Waals surface area contributed by atoms with E-state index < -0.39 is 15.8 Å². The number of benzene rings is 1. The number of nitrogens with one attached hydrogen (secondary N) is 1. The fourth-order valence-corrected chi connectivity index (χ4v) is 3.60. The summed E-state index contributed by atoms with van der Waals surface area (Å²) in [5.41, 5.74) is 6.06. The highest BCUT2D eigenvalue weighted by molar-refractivity contribution is 7.89. The first-order chi connectivity index (χ1) is 9.77. The number of sulfonamides is 1.